The van der Waals surface area contributed by atoms with Crippen LogP contribution in [0, 0.1) is 13.8 Å². The molecule has 4 nitrogen and oxygen atoms in total. The number of carbonyl (C=O) groups is 1. The van der Waals surface area contributed by atoms with E-state index in [0.717, 1.165) is 29.9 Å². The van der Waals surface area contributed by atoms with Gasteiger partial charge >= 0.3 is 0 Å². The molecule has 0 bridgehead atoms. The average Bonchev–Trinajstić information content (AvgIpc) is 2.58. The number of hydrogen-bond donors (Lipinski definition) is 1. The largest absolute Gasteiger partial charge is 0.378 e. The van der Waals surface area contributed by atoms with Crippen molar-refractivity contribution in [1.29, 1.82) is 0 Å². The lowest BCUT2D eigenvalue weighted by Gasteiger charge is -2.21. The van der Waals surface area contributed by atoms with E-state index in [-0.39, 0.29) is 5.91 Å². The molecule has 1 N–H and O–H groups in total. The Hall–Kier alpha value is -2.33. The molecule has 0 heterocycles. The number of nitrogens with one attached hydrogen (secondary N) is 1. The highest BCUT2D eigenvalue weighted by molar-refractivity contribution is 5.93. The van der Waals surface area contributed by atoms with Gasteiger partial charge in [0.2, 0.25) is 5.91 Å². The molecule has 0 aliphatic carbocycles. The maximum Gasteiger partial charge on any atom is 0.238 e. The highest BCUT2D eigenvalue weighted by Crippen LogP contribution is 2.17. The van der Waals surface area contributed by atoms with Crippen molar-refractivity contribution < 1.29 is 4.79 Å². The molecule has 0 fully saturated rings. The minimum atomic E-state index is 0.0282. The number of benzene rings is 2. The van der Waals surface area contributed by atoms with E-state index in [9.17, 15) is 4.79 Å². The summed E-state index contributed by atoms with van der Waals surface area (Å²) in [6.45, 7) is 8.11. The Labute approximate surface area is 151 Å². The average molecular weight is 339 g/mol. The molecule has 0 saturated heterocycles. The molecule has 0 spiro atoms. The van der Waals surface area contributed by atoms with E-state index in [4.69, 9.17) is 0 Å². The number of rotatable bonds is 7. The topological polar surface area (TPSA) is 35.6 Å². The number of hydrogen-bond acceptors (Lipinski definition) is 3. The first-order chi connectivity index (χ1) is 11.9. The van der Waals surface area contributed by atoms with Gasteiger partial charge in [-0.1, -0.05) is 31.2 Å². The van der Waals surface area contributed by atoms with Crippen LogP contribution in [0.25, 0.3) is 0 Å². The van der Waals surface area contributed by atoms with Gasteiger partial charge < -0.3 is 10.2 Å². The molecule has 134 valence electrons. The van der Waals surface area contributed by atoms with Crippen molar-refractivity contribution in [2.75, 3.05) is 37.4 Å². The van der Waals surface area contributed by atoms with E-state index in [2.05, 4.69) is 52.4 Å². The maximum atomic E-state index is 12.4. The number of anilines is 2. The van der Waals surface area contributed by atoms with Gasteiger partial charge in [-0.2, -0.15) is 0 Å². The number of aryl methyl sites for hydroxylation is 2. The smallest absolute Gasteiger partial charge is 0.238 e. The minimum absolute atomic E-state index is 0.0282. The summed E-state index contributed by atoms with van der Waals surface area (Å²) in [6, 6.07) is 14.6. The van der Waals surface area contributed by atoms with Gasteiger partial charge in [-0.3, -0.25) is 9.69 Å². The zero-order valence-electron chi connectivity index (χ0n) is 16.0. The second kappa shape index (κ2) is 8.67. The number of amides is 1. The zero-order chi connectivity index (χ0) is 18.4. The predicted octanol–water partition coefficient (Wildman–Crippen LogP) is 3.83. The lowest BCUT2D eigenvalue weighted by molar-refractivity contribution is -0.117. The van der Waals surface area contributed by atoms with E-state index in [1.807, 2.05) is 40.1 Å². The quantitative estimate of drug-likeness (QED) is 0.833. The highest BCUT2D eigenvalue weighted by atomic mass is 16.2. The van der Waals surface area contributed by atoms with E-state index in [1.54, 1.807) is 0 Å². The van der Waals surface area contributed by atoms with Crippen LogP contribution in [0.1, 0.15) is 23.6 Å². The molecule has 4 heteroatoms. The van der Waals surface area contributed by atoms with Gasteiger partial charge in [0.05, 0.1) is 6.54 Å². The Balaban J connectivity index is 1.96. The molecule has 0 unspecified atom stereocenters. The molecule has 2 aromatic carbocycles. The third-order valence-electron chi connectivity index (χ3n) is 4.34. The Morgan fingerprint density at radius 3 is 2.32 bits per heavy atom. The van der Waals surface area contributed by atoms with Crippen LogP contribution in [0.5, 0.6) is 0 Å². The minimum Gasteiger partial charge on any atom is -0.378 e. The Morgan fingerprint density at radius 2 is 1.72 bits per heavy atom. The lowest BCUT2D eigenvalue weighted by Crippen LogP contribution is -2.32. The zero-order valence-corrected chi connectivity index (χ0v) is 16.0. The molecular weight excluding hydrogens is 310 g/mol. The van der Waals surface area contributed by atoms with Crippen molar-refractivity contribution in [3.8, 4) is 0 Å². The molecule has 0 aliphatic rings. The normalized spacial score (nSPS) is 10.8. The number of likely N-dealkylation sites (N-methyl/N-ethyl adjacent to an activating group) is 1. The molecule has 0 atom stereocenters. The summed E-state index contributed by atoms with van der Waals surface area (Å²) < 4.78 is 0. The van der Waals surface area contributed by atoms with Gasteiger partial charge in [-0.25, -0.2) is 0 Å². The van der Waals surface area contributed by atoms with E-state index in [1.165, 1.54) is 11.3 Å². The molecule has 2 rings (SSSR count). The van der Waals surface area contributed by atoms with Crippen LogP contribution >= 0.6 is 0 Å². The van der Waals surface area contributed by atoms with Crippen molar-refractivity contribution in [2.24, 2.45) is 0 Å². The third-order valence-corrected chi connectivity index (χ3v) is 4.34. The fourth-order valence-corrected chi connectivity index (χ4v) is 2.70. The molecule has 0 aromatic heterocycles. The summed E-state index contributed by atoms with van der Waals surface area (Å²) in [4.78, 5) is 16.6. The third kappa shape index (κ3) is 5.61. The van der Waals surface area contributed by atoms with Gasteiger partial charge in [-0.15, -0.1) is 0 Å². The SMILES string of the molecule is CCN(CC(=O)Nc1cc(C)ccc1C)Cc1ccc(N(C)C)cc1. The summed E-state index contributed by atoms with van der Waals surface area (Å²) in [5.74, 6) is 0.0282. The van der Waals surface area contributed by atoms with Crippen LogP contribution in [0.2, 0.25) is 0 Å². The van der Waals surface area contributed by atoms with Crippen LogP contribution in [-0.4, -0.2) is 38.0 Å². The lowest BCUT2D eigenvalue weighted by atomic mass is 10.1. The van der Waals surface area contributed by atoms with Gasteiger partial charge in [0.1, 0.15) is 0 Å². The molecule has 2 aromatic rings. The van der Waals surface area contributed by atoms with Crippen LogP contribution in [0.15, 0.2) is 42.5 Å². The molecule has 0 saturated carbocycles. The summed E-state index contributed by atoms with van der Waals surface area (Å²) >= 11 is 0. The summed E-state index contributed by atoms with van der Waals surface area (Å²) in [6.07, 6.45) is 0. The van der Waals surface area contributed by atoms with Crippen molar-refractivity contribution >= 4 is 17.3 Å². The number of nitrogens with zero attached hydrogens (tertiary/aromatic N) is 2. The fourth-order valence-electron chi connectivity index (χ4n) is 2.70. The molecule has 0 radical (unpaired) electrons. The van der Waals surface area contributed by atoms with E-state index < -0.39 is 0 Å². The van der Waals surface area contributed by atoms with Crippen LogP contribution in [0.4, 0.5) is 11.4 Å². The van der Waals surface area contributed by atoms with Crippen LogP contribution < -0.4 is 10.2 Å². The second-order valence-corrected chi connectivity index (χ2v) is 6.73. The summed E-state index contributed by atoms with van der Waals surface area (Å²) in [5.41, 5.74) is 5.53. The van der Waals surface area contributed by atoms with Gasteiger partial charge in [-0.05, 0) is 55.3 Å². The van der Waals surface area contributed by atoms with Crippen molar-refractivity contribution in [1.82, 2.24) is 4.90 Å². The Bertz CT molecular complexity index is 708. The fraction of sp³-hybridized carbons (Fsp3) is 0.381. The Morgan fingerprint density at radius 1 is 1.04 bits per heavy atom. The summed E-state index contributed by atoms with van der Waals surface area (Å²) in [5, 5.41) is 3.04. The highest BCUT2D eigenvalue weighted by Gasteiger charge is 2.11. The van der Waals surface area contributed by atoms with E-state index in [0.29, 0.717) is 6.54 Å². The predicted molar refractivity (Wildman–Crippen MR) is 106 cm³/mol. The molecule has 25 heavy (non-hydrogen) atoms. The first kappa shape index (κ1) is 19.0. The monoisotopic (exact) mass is 339 g/mol. The molecule has 1 amide bonds. The standard InChI is InChI=1S/C21H29N3O/c1-6-24(14-18-9-11-19(12-10-18)23(4)5)15-21(25)22-20-13-16(2)7-8-17(20)3/h7-13H,6,14-15H2,1-5H3,(H,22,25). The number of carbonyl (C=O) groups excluding carboxylic acids is 1. The second-order valence-electron chi connectivity index (χ2n) is 6.73. The molecular formula is C21H29N3O. The first-order valence-corrected chi connectivity index (χ1v) is 8.74. The van der Waals surface area contributed by atoms with Gasteiger partial charge in [0.15, 0.2) is 0 Å². The van der Waals surface area contributed by atoms with Crippen LogP contribution in [0.3, 0.4) is 0 Å². The van der Waals surface area contributed by atoms with E-state index >= 15 is 0 Å². The van der Waals surface area contributed by atoms with Crippen molar-refractivity contribution in [3.63, 3.8) is 0 Å². The Kier molecular flexibility index (Phi) is 6.59. The molecule has 0 aliphatic heterocycles. The first-order valence-electron chi connectivity index (χ1n) is 8.74. The van der Waals surface area contributed by atoms with Gasteiger partial charge in [0.25, 0.3) is 0 Å². The van der Waals surface area contributed by atoms with Crippen molar-refractivity contribution in [3.05, 3.63) is 59.2 Å². The maximum absolute atomic E-state index is 12.4. The van der Waals surface area contributed by atoms with Gasteiger partial charge in [0, 0.05) is 32.0 Å². The van der Waals surface area contributed by atoms with Crippen molar-refractivity contribution in [2.45, 2.75) is 27.3 Å². The summed E-state index contributed by atoms with van der Waals surface area (Å²) in [7, 11) is 4.07. The van der Waals surface area contributed by atoms with Crippen LogP contribution in [-0.2, 0) is 11.3 Å².